The highest BCUT2D eigenvalue weighted by molar-refractivity contribution is 5.95. The van der Waals surface area contributed by atoms with Crippen molar-refractivity contribution in [2.24, 2.45) is 5.92 Å². The lowest BCUT2D eigenvalue weighted by molar-refractivity contribution is -0.116. The van der Waals surface area contributed by atoms with Gasteiger partial charge >= 0.3 is 0 Å². The minimum atomic E-state index is -0.186. The van der Waals surface area contributed by atoms with Crippen molar-refractivity contribution in [3.8, 4) is 17.3 Å². The number of rotatable bonds is 6. The Hall–Kier alpha value is -3.95. The van der Waals surface area contributed by atoms with E-state index in [1.807, 2.05) is 25.1 Å². The Balaban J connectivity index is 1.59. The summed E-state index contributed by atoms with van der Waals surface area (Å²) in [5.41, 5.74) is 3.88. The molecule has 1 atom stereocenters. The molecule has 0 saturated carbocycles. The summed E-state index contributed by atoms with van der Waals surface area (Å²) in [6.07, 6.45) is 3.30. The molecule has 3 aromatic heterocycles. The van der Waals surface area contributed by atoms with Crippen LogP contribution in [-0.4, -0.2) is 49.3 Å². The van der Waals surface area contributed by atoms with Crippen molar-refractivity contribution in [1.29, 1.82) is 0 Å². The van der Waals surface area contributed by atoms with Crippen molar-refractivity contribution in [2.75, 3.05) is 19.0 Å². The van der Waals surface area contributed by atoms with E-state index in [0.717, 1.165) is 16.8 Å². The fourth-order valence-electron chi connectivity index (χ4n) is 4.17. The largest absolute Gasteiger partial charge is 0.493 e. The molecular formula is C23H25N7O3. The van der Waals surface area contributed by atoms with E-state index >= 15 is 0 Å². The molecule has 1 aromatic carbocycles. The molecule has 4 aromatic rings. The van der Waals surface area contributed by atoms with E-state index < -0.39 is 0 Å². The Morgan fingerprint density at radius 2 is 2.06 bits per heavy atom. The Bertz CT molecular complexity index is 1340. The van der Waals surface area contributed by atoms with Crippen LogP contribution in [0.1, 0.15) is 43.0 Å². The first kappa shape index (κ1) is 20.9. The molecule has 1 aliphatic heterocycles. The normalized spacial score (nSPS) is 15.5. The smallest absolute Gasteiger partial charge is 0.226 e. The molecule has 0 bridgehead atoms. The molecule has 0 radical (unpaired) electrons. The van der Waals surface area contributed by atoms with E-state index in [1.54, 1.807) is 18.1 Å². The van der Waals surface area contributed by atoms with Gasteiger partial charge in [-0.05, 0) is 30.5 Å². The molecule has 0 aliphatic carbocycles. The van der Waals surface area contributed by atoms with Gasteiger partial charge in [0.1, 0.15) is 17.7 Å². The number of ether oxygens (including phenoxy) is 2. The maximum absolute atomic E-state index is 12.8. The molecule has 170 valence electrons. The number of aromatic amines is 1. The van der Waals surface area contributed by atoms with Gasteiger partial charge in [-0.15, -0.1) is 0 Å². The number of imidazole rings is 1. The van der Waals surface area contributed by atoms with Crippen LogP contribution < -0.4 is 14.8 Å². The van der Waals surface area contributed by atoms with E-state index in [-0.39, 0.29) is 11.8 Å². The van der Waals surface area contributed by atoms with Crippen LogP contribution in [0, 0.1) is 12.8 Å². The van der Waals surface area contributed by atoms with Crippen LogP contribution in [0.2, 0.25) is 0 Å². The van der Waals surface area contributed by atoms with Gasteiger partial charge in [-0.25, -0.2) is 15.0 Å². The molecular weight excluding hydrogens is 422 g/mol. The van der Waals surface area contributed by atoms with Crippen LogP contribution in [-0.2, 0) is 4.79 Å². The zero-order chi connectivity index (χ0) is 23.1. The quantitative estimate of drug-likeness (QED) is 0.465. The number of aryl methyl sites for hydroxylation is 1. The summed E-state index contributed by atoms with van der Waals surface area (Å²) in [5, 5.41) is 7.71. The van der Waals surface area contributed by atoms with Crippen molar-refractivity contribution in [1.82, 2.24) is 29.7 Å². The number of methoxy groups -OCH3 is 1. The lowest BCUT2D eigenvalue weighted by Crippen LogP contribution is -2.25. The number of anilines is 1. The predicted octanol–water partition coefficient (Wildman–Crippen LogP) is 3.36. The van der Waals surface area contributed by atoms with Crippen LogP contribution in [0.15, 0.2) is 30.9 Å². The van der Waals surface area contributed by atoms with Crippen molar-refractivity contribution >= 4 is 22.9 Å². The number of benzene rings is 1. The van der Waals surface area contributed by atoms with Gasteiger partial charge in [-0.1, -0.05) is 19.9 Å². The molecule has 1 amide bonds. The second kappa shape index (κ2) is 8.19. The second-order valence-electron chi connectivity index (χ2n) is 8.48. The van der Waals surface area contributed by atoms with Gasteiger partial charge in [0.15, 0.2) is 23.0 Å². The number of amides is 1. The van der Waals surface area contributed by atoms with Crippen LogP contribution in [0.5, 0.6) is 11.5 Å². The molecule has 0 spiro atoms. The maximum Gasteiger partial charge on any atom is 0.226 e. The molecule has 1 aliphatic rings. The van der Waals surface area contributed by atoms with Gasteiger partial charge in [-0.3, -0.25) is 4.79 Å². The summed E-state index contributed by atoms with van der Waals surface area (Å²) in [5.74, 6) is 2.57. The van der Waals surface area contributed by atoms with Crippen molar-refractivity contribution in [2.45, 2.75) is 33.1 Å². The number of carbonyl (C=O) groups is 1. The number of aromatic nitrogens is 6. The van der Waals surface area contributed by atoms with E-state index in [2.05, 4.69) is 39.1 Å². The third kappa shape index (κ3) is 3.67. The van der Waals surface area contributed by atoms with Crippen LogP contribution in [0.3, 0.4) is 0 Å². The number of nitrogens with one attached hydrogen (secondary N) is 2. The van der Waals surface area contributed by atoms with Gasteiger partial charge in [-0.2, -0.15) is 9.78 Å². The summed E-state index contributed by atoms with van der Waals surface area (Å²) in [6.45, 7) is 6.72. The van der Waals surface area contributed by atoms with Crippen molar-refractivity contribution < 1.29 is 14.3 Å². The maximum atomic E-state index is 12.8. The number of hydrogen-bond acceptors (Lipinski definition) is 7. The average molecular weight is 447 g/mol. The highest BCUT2D eigenvalue weighted by Crippen LogP contribution is 2.42. The standard InChI is InChI=1S/C23H25N7O3/c1-12(2)9-33-16-6-5-14(7-17(16)32-4)15-8-18(31)28-22-19(15)13(3)29-30(22)23-20-21(25-10-24-20)26-11-27-23/h5-7,10-12,15H,8-9H2,1-4H3,(H,28,31)(H,24,25,26,27)/t15-/m1/s1. The molecule has 10 heteroatoms. The Labute approximate surface area is 190 Å². The number of nitrogens with zero attached hydrogens (tertiary/aromatic N) is 5. The van der Waals surface area contributed by atoms with Crippen LogP contribution in [0.4, 0.5) is 5.82 Å². The fourth-order valence-corrected chi connectivity index (χ4v) is 4.17. The fraction of sp³-hybridized carbons (Fsp3) is 0.348. The predicted molar refractivity (Wildman–Crippen MR) is 122 cm³/mol. The molecule has 0 unspecified atom stereocenters. The highest BCUT2D eigenvalue weighted by Gasteiger charge is 2.34. The Kier molecular flexibility index (Phi) is 5.20. The number of H-pyrrole nitrogens is 1. The highest BCUT2D eigenvalue weighted by atomic mass is 16.5. The molecule has 5 rings (SSSR count). The number of hydrogen-bond donors (Lipinski definition) is 2. The second-order valence-corrected chi connectivity index (χ2v) is 8.48. The zero-order valence-corrected chi connectivity index (χ0v) is 18.9. The van der Waals surface area contributed by atoms with Gasteiger partial charge < -0.3 is 19.8 Å². The number of fused-ring (bicyclic) bond motifs is 2. The van der Waals surface area contributed by atoms with Crippen molar-refractivity contribution in [3.63, 3.8) is 0 Å². The molecule has 2 N–H and O–H groups in total. The first-order valence-corrected chi connectivity index (χ1v) is 10.8. The average Bonchev–Trinajstić information content (AvgIpc) is 3.41. The van der Waals surface area contributed by atoms with Crippen molar-refractivity contribution in [3.05, 3.63) is 47.7 Å². The van der Waals surface area contributed by atoms with Crippen LogP contribution >= 0.6 is 0 Å². The number of carbonyl (C=O) groups excluding carboxylic acids is 1. The summed E-state index contributed by atoms with van der Waals surface area (Å²) in [4.78, 5) is 28.6. The third-order valence-corrected chi connectivity index (χ3v) is 5.67. The Morgan fingerprint density at radius 1 is 1.21 bits per heavy atom. The Morgan fingerprint density at radius 3 is 2.85 bits per heavy atom. The van der Waals surface area contributed by atoms with E-state index in [1.165, 1.54) is 6.33 Å². The minimum absolute atomic E-state index is 0.0948. The molecule has 4 heterocycles. The summed E-state index contributed by atoms with van der Waals surface area (Å²) in [7, 11) is 1.62. The van der Waals surface area contributed by atoms with Gasteiger partial charge in [0.05, 0.1) is 25.7 Å². The molecule has 33 heavy (non-hydrogen) atoms. The first-order chi connectivity index (χ1) is 16.0. The molecule has 0 fully saturated rings. The molecule has 0 saturated heterocycles. The van der Waals surface area contributed by atoms with E-state index in [4.69, 9.17) is 14.6 Å². The topological polar surface area (TPSA) is 120 Å². The van der Waals surface area contributed by atoms with Crippen LogP contribution in [0.25, 0.3) is 17.0 Å². The lowest BCUT2D eigenvalue weighted by Gasteiger charge is -2.25. The van der Waals surface area contributed by atoms with Gasteiger partial charge in [0.2, 0.25) is 5.91 Å². The van der Waals surface area contributed by atoms with Gasteiger partial charge in [0, 0.05) is 17.9 Å². The zero-order valence-electron chi connectivity index (χ0n) is 18.9. The first-order valence-electron chi connectivity index (χ1n) is 10.8. The lowest BCUT2D eigenvalue weighted by atomic mass is 9.85. The van der Waals surface area contributed by atoms with E-state index in [9.17, 15) is 4.79 Å². The monoisotopic (exact) mass is 447 g/mol. The molecule has 10 nitrogen and oxygen atoms in total. The van der Waals surface area contributed by atoms with E-state index in [0.29, 0.717) is 53.2 Å². The summed E-state index contributed by atoms with van der Waals surface area (Å²) < 4.78 is 13.1. The summed E-state index contributed by atoms with van der Waals surface area (Å²) >= 11 is 0. The third-order valence-electron chi connectivity index (χ3n) is 5.67. The SMILES string of the molecule is COc1cc([C@H]2CC(=O)Nc3c2c(C)nn3-c2ncnc3nc[nH]c23)ccc1OCC(C)C. The van der Waals surface area contributed by atoms with Gasteiger partial charge in [0.25, 0.3) is 0 Å². The minimum Gasteiger partial charge on any atom is -0.493 e. The summed E-state index contributed by atoms with van der Waals surface area (Å²) in [6, 6.07) is 5.83.